The van der Waals surface area contributed by atoms with Crippen molar-refractivity contribution in [3.8, 4) is 0 Å². The Morgan fingerprint density at radius 1 is 1.04 bits per heavy atom. The van der Waals surface area contributed by atoms with E-state index in [4.69, 9.17) is 0 Å². The van der Waals surface area contributed by atoms with Gasteiger partial charge in [0.1, 0.15) is 0 Å². The number of amides is 1. The average molecular weight is 309 g/mol. The van der Waals surface area contributed by atoms with E-state index < -0.39 is 0 Å². The number of carbonyl (C=O) groups excluding carboxylic acids is 1. The minimum atomic E-state index is -0.180. The number of aryl methyl sites for hydroxylation is 1. The van der Waals surface area contributed by atoms with Crippen LogP contribution in [0.4, 0.5) is 5.69 Å². The van der Waals surface area contributed by atoms with Crippen molar-refractivity contribution < 1.29 is 10.1 Å². The highest BCUT2D eigenvalue weighted by Crippen LogP contribution is 2.18. The van der Waals surface area contributed by atoms with Crippen molar-refractivity contribution in [1.82, 2.24) is 0 Å². The van der Waals surface area contributed by atoms with E-state index >= 15 is 0 Å². The standard InChI is InChI=1S/C20H24N2O/c1-15-11-13-18(14-12-15)22-20(23)19(16-7-3-2-4-8-16)21-17-9-5-6-10-17/h2-4,7-8,11-14,17,19,21H,5-6,9-10H2,1H3,(H,22,23)/p+1/t19-/m0/s1. The molecule has 1 aliphatic carbocycles. The second-order valence-corrected chi connectivity index (χ2v) is 6.48. The van der Waals surface area contributed by atoms with Crippen molar-refractivity contribution in [2.75, 3.05) is 5.32 Å². The molecule has 1 fully saturated rings. The first-order valence-corrected chi connectivity index (χ1v) is 8.50. The van der Waals surface area contributed by atoms with Gasteiger partial charge in [-0.3, -0.25) is 4.79 Å². The Bertz CT molecular complexity index is 630. The maximum absolute atomic E-state index is 12.8. The Morgan fingerprint density at radius 2 is 1.70 bits per heavy atom. The molecule has 1 saturated carbocycles. The van der Waals surface area contributed by atoms with Crippen LogP contribution >= 0.6 is 0 Å². The zero-order valence-electron chi connectivity index (χ0n) is 13.7. The zero-order valence-corrected chi connectivity index (χ0v) is 13.7. The van der Waals surface area contributed by atoms with Crippen LogP contribution in [0.25, 0.3) is 0 Å². The summed E-state index contributed by atoms with van der Waals surface area (Å²) in [6.45, 7) is 2.05. The van der Waals surface area contributed by atoms with Crippen LogP contribution in [0.5, 0.6) is 0 Å². The van der Waals surface area contributed by atoms with Gasteiger partial charge in [0.25, 0.3) is 5.91 Å². The van der Waals surface area contributed by atoms with E-state index in [0.717, 1.165) is 11.3 Å². The highest BCUT2D eigenvalue weighted by atomic mass is 16.2. The molecule has 3 N–H and O–H groups in total. The predicted octanol–water partition coefficient (Wildman–Crippen LogP) is 3.18. The lowest BCUT2D eigenvalue weighted by molar-refractivity contribution is -0.714. The monoisotopic (exact) mass is 309 g/mol. The van der Waals surface area contributed by atoms with Gasteiger partial charge in [-0.05, 0) is 44.7 Å². The molecular formula is C20H25N2O+. The topological polar surface area (TPSA) is 45.7 Å². The van der Waals surface area contributed by atoms with Crippen LogP contribution in [0.1, 0.15) is 42.9 Å². The van der Waals surface area contributed by atoms with Gasteiger partial charge in [0.05, 0.1) is 6.04 Å². The first-order valence-electron chi connectivity index (χ1n) is 8.50. The van der Waals surface area contributed by atoms with Crippen molar-refractivity contribution in [3.63, 3.8) is 0 Å². The van der Waals surface area contributed by atoms with Gasteiger partial charge in [-0.25, -0.2) is 0 Å². The third-order valence-corrected chi connectivity index (χ3v) is 4.62. The molecule has 0 heterocycles. The van der Waals surface area contributed by atoms with Gasteiger partial charge in [-0.1, -0.05) is 48.0 Å². The first-order chi connectivity index (χ1) is 11.2. The first kappa shape index (κ1) is 15.8. The lowest BCUT2D eigenvalue weighted by Gasteiger charge is -2.19. The van der Waals surface area contributed by atoms with E-state index in [1.165, 1.54) is 31.2 Å². The van der Waals surface area contributed by atoms with Crippen LogP contribution in [0.3, 0.4) is 0 Å². The molecule has 1 amide bonds. The normalized spacial score (nSPS) is 16.2. The lowest BCUT2D eigenvalue weighted by Crippen LogP contribution is -2.92. The molecule has 23 heavy (non-hydrogen) atoms. The van der Waals surface area contributed by atoms with E-state index in [9.17, 15) is 4.79 Å². The average Bonchev–Trinajstić information content (AvgIpc) is 3.09. The Hall–Kier alpha value is -2.13. The molecule has 3 rings (SSSR count). The van der Waals surface area contributed by atoms with Crippen LogP contribution in [0.2, 0.25) is 0 Å². The van der Waals surface area contributed by atoms with Gasteiger partial charge in [-0.15, -0.1) is 0 Å². The SMILES string of the molecule is Cc1ccc(NC(=O)[C@@H]([NH2+]C2CCCC2)c2ccccc2)cc1. The molecule has 0 aromatic heterocycles. The van der Waals surface area contributed by atoms with Crippen molar-refractivity contribution >= 4 is 11.6 Å². The second-order valence-electron chi connectivity index (χ2n) is 6.48. The van der Waals surface area contributed by atoms with Crippen LogP contribution < -0.4 is 10.6 Å². The molecule has 2 aromatic carbocycles. The number of hydrogen-bond donors (Lipinski definition) is 2. The Kier molecular flexibility index (Phi) is 5.09. The molecule has 120 valence electrons. The Labute approximate surface area is 138 Å². The number of rotatable bonds is 5. The van der Waals surface area contributed by atoms with Gasteiger partial charge in [0.15, 0.2) is 6.04 Å². The summed E-state index contributed by atoms with van der Waals surface area (Å²) in [5, 5.41) is 5.33. The van der Waals surface area contributed by atoms with Crippen LogP contribution in [0, 0.1) is 6.92 Å². The zero-order chi connectivity index (χ0) is 16.1. The Morgan fingerprint density at radius 3 is 2.35 bits per heavy atom. The third kappa shape index (κ3) is 4.20. The van der Waals surface area contributed by atoms with Gasteiger partial charge >= 0.3 is 0 Å². The second kappa shape index (κ2) is 7.42. The van der Waals surface area contributed by atoms with Crippen LogP contribution in [-0.2, 0) is 4.79 Å². The molecule has 0 spiro atoms. The fourth-order valence-corrected chi connectivity index (χ4v) is 3.29. The highest BCUT2D eigenvalue weighted by Gasteiger charge is 2.29. The van der Waals surface area contributed by atoms with Gasteiger partial charge < -0.3 is 10.6 Å². The number of nitrogens with one attached hydrogen (secondary N) is 1. The summed E-state index contributed by atoms with van der Waals surface area (Å²) in [4.78, 5) is 12.8. The Balaban J connectivity index is 1.76. The van der Waals surface area contributed by atoms with Gasteiger partial charge in [0.2, 0.25) is 0 Å². The van der Waals surface area contributed by atoms with Crippen LogP contribution in [0.15, 0.2) is 54.6 Å². The molecule has 0 radical (unpaired) electrons. The maximum Gasteiger partial charge on any atom is 0.287 e. The fourth-order valence-electron chi connectivity index (χ4n) is 3.29. The summed E-state index contributed by atoms with van der Waals surface area (Å²) in [6, 6.07) is 18.4. The molecule has 0 bridgehead atoms. The molecule has 3 heteroatoms. The number of anilines is 1. The smallest absolute Gasteiger partial charge is 0.287 e. The third-order valence-electron chi connectivity index (χ3n) is 4.62. The molecule has 3 nitrogen and oxygen atoms in total. The van der Waals surface area contributed by atoms with Crippen molar-refractivity contribution in [2.45, 2.75) is 44.7 Å². The number of hydrogen-bond acceptors (Lipinski definition) is 1. The van der Waals surface area contributed by atoms with Crippen LogP contribution in [-0.4, -0.2) is 11.9 Å². The van der Waals surface area contributed by atoms with Gasteiger partial charge in [0, 0.05) is 11.3 Å². The van der Waals surface area contributed by atoms with E-state index in [1.807, 2.05) is 61.5 Å². The summed E-state index contributed by atoms with van der Waals surface area (Å²) in [7, 11) is 0. The summed E-state index contributed by atoms with van der Waals surface area (Å²) in [5.41, 5.74) is 3.13. The lowest BCUT2D eigenvalue weighted by atomic mass is 10.0. The van der Waals surface area contributed by atoms with E-state index in [2.05, 4.69) is 10.6 Å². The summed E-state index contributed by atoms with van der Waals surface area (Å²) >= 11 is 0. The number of quaternary nitrogens is 1. The summed E-state index contributed by atoms with van der Waals surface area (Å²) in [5.74, 6) is 0.0620. The summed E-state index contributed by atoms with van der Waals surface area (Å²) in [6.07, 6.45) is 4.98. The van der Waals surface area contributed by atoms with Crippen molar-refractivity contribution in [2.24, 2.45) is 0 Å². The molecule has 1 atom stereocenters. The molecule has 1 aliphatic rings. The number of benzene rings is 2. The highest BCUT2D eigenvalue weighted by molar-refractivity contribution is 5.94. The molecule has 0 saturated heterocycles. The van der Waals surface area contributed by atoms with Crippen molar-refractivity contribution in [1.29, 1.82) is 0 Å². The molecule has 2 aromatic rings. The largest absolute Gasteiger partial charge is 0.330 e. The molecule has 0 unspecified atom stereocenters. The quantitative estimate of drug-likeness (QED) is 0.875. The minimum absolute atomic E-state index is 0.0620. The van der Waals surface area contributed by atoms with Crippen molar-refractivity contribution in [3.05, 3.63) is 65.7 Å². The van der Waals surface area contributed by atoms with E-state index in [1.54, 1.807) is 0 Å². The van der Waals surface area contributed by atoms with E-state index in [0.29, 0.717) is 6.04 Å². The number of nitrogens with two attached hydrogens (primary N) is 1. The van der Waals surface area contributed by atoms with E-state index in [-0.39, 0.29) is 11.9 Å². The molecular weight excluding hydrogens is 284 g/mol. The predicted molar refractivity (Wildman–Crippen MR) is 93.2 cm³/mol. The van der Waals surface area contributed by atoms with Gasteiger partial charge in [-0.2, -0.15) is 0 Å². The molecule has 0 aliphatic heterocycles. The minimum Gasteiger partial charge on any atom is -0.330 e. The maximum atomic E-state index is 12.8. The fraction of sp³-hybridized carbons (Fsp3) is 0.350. The number of carbonyl (C=O) groups is 1. The summed E-state index contributed by atoms with van der Waals surface area (Å²) < 4.78 is 0.